The van der Waals surface area contributed by atoms with Crippen LogP contribution in [-0.2, 0) is 0 Å². The molecule has 0 aliphatic rings. The Labute approximate surface area is 69.4 Å². The zero-order valence-corrected chi connectivity index (χ0v) is 7.51. The van der Waals surface area contributed by atoms with Crippen LogP contribution in [0.1, 0.15) is 33.1 Å². The van der Waals surface area contributed by atoms with Crippen LogP contribution in [0.3, 0.4) is 0 Å². The summed E-state index contributed by atoms with van der Waals surface area (Å²) in [5, 5.41) is 8.86. The van der Waals surface area contributed by atoms with Crippen molar-refractivity contribution in [3.63, 3.8) is 0 Å². The van der Waals surface area contributed by atoms with Gasteiger partial charge in [-0.05, 0) is 18.4 Å². The lowest BCUT2D eigenvalue weighted by Gasteiger charge is -1.94. The van der Waals surface area contributed by atoms with Gasteiger partial charge in [0, 0.05) is 0 Å². The standard InChI is InChI=1S/C10H18O/c1-3-5-7-10(9-11)8-6-4-2/h5,7-8,11H,3-4,6,9H2,1-2H3. The Hall–Kier alpha value is -0.560. The fourth-order valence-corrected chi connectivity index (χ4v) is 0.784. The van der Waals surface area contributed by atoms with Crippen LogP contribution >= 0.6 is 0 Å². The van der Waals surface area contributed by atoms with Gasteiger partial charge in [0.2, 0.25) is 0 Å². The van der Waals surface area contributed by atoms with Gasteiger partial charge < -0.3 is 5.11 Å². The molecule has 0 fully saturated rings. The topological polar surface area (TPSA) is 20.2 Å². The van der Waals surface area contributed by atoms with Gasteiger partial charge in [0.15, 0.2) is 0 Å². The first-order valence-electron chi connectivity index (χ1n) is 4.31. The van der Waals surface area contributed by atoms with Gasteiger partial charge in [0.05, 0.1) is 6.61 Å². The van der Waals surface area contributed by atoms with E-state index < -0.39 is 0 Å². The van der Waals surface area contributed by atoms with Gasteiger partial charge >= 0.3 is 0 Å². The van der Waals surface area contributed by atoms with Gasteiger partial charge in [0.25, 0.3) is 0 Å². The molecule has 1 nitrogen and oxygen atoms in total. The normalized spacial score (nSPS) is 12.8. The maximum Gasteiger partial charge on any atom is 0.0678 e. The third-order valence-corrected chi connectivity index (χ3v) is 1.45. The molecule has 0 heterocycles. The first-order chi connectivity index (χ1) is 5.35. The zero-order chi connectivity index (χ0) is 8.53. The van der Waals surface area contributed by atoms with Crippen molar-refractivity contribution < 1.29 is 5.11 Å². The number of hydrogen-bond donors (Lipinski definition) is 1. The second kappa shape index (κ2) is 7.55. The molecule has 0 spiro atoms. The summed E-state index contributed by atoms with van der Waals surface area (Å²) in [5.41, 5.74) is 1.04. The van der Waals surface area contributed by atoms with Crippen molar-refractivity contribution in [3.05, 3.63) is 23.8 Å². The number of aliphatic hydroxyl groups is 1. The van der Waals surface area contributed by atoms with Crippen molar-refractivity contribution >= 4 is 0 Å². The van der Waals surface area contributed by atoms with Crippen LogP contribution in [0.4, 0.5) is 0 Å². The first-order valence-corrected chi connectivity index (χ1v) is 4.31. The van der Waals surface area contributed by atoms with Gasteiger partial charge in [-0.2, -0.15) is 0 Å². The molecule has 64 valence electrons. The molecule has 0 aromatic carbocycles. The molecule has 1 heteroatoms. The predicted molar refractivity (Wildman–Crippen MR) is 49.5 cm³/mol. The minimum atomic E-state index is 0.163. The van der Waals surface area contributed by atoms with Crippen LogP contribution in [0.15, 0.2) is 23.8 Å². The van der Waals surface area contributed by atoms with E-state index in [1.807, 2.05) is 6.08 Å². The van der Waals surface area contributed by atoms with Crippen LogP contribution < -0.4 is 0 Å². The minimum Gasteiger partial charge on any atom is -0.392 e. The van der Waals surface area contributed by atoms with Crippen molar-refractivity contribution in [1.29, 1.82) is 0 Å². The summed E-state index contributed by atoms with van der Waals surface area (Å²) < 4.78 is 0. The Balaban J connectivity index is 3.83. The van der Waals surface area contributed by atoms with Crippen molar-refractivity contribution in [1.82, 2.24) is 0 Å². The molecular formula is C10H18O. The molecule has 0 saturated carbocycles. The van der Waals surface area contributed by atoms with Crippen LogP contribution in [0, 0.1) is 0 Å². The number of rotatable bonds is 5. The smallest absolute Gasteiger partial charge is 0.0678 e. The molecule has 0 radical (unpaired) electrons. The lowest BCUT2D eigenvalue weighted by atomic mass is 10.2. The first kappa shape index (κ1) is 10.4. The summed E-state index contributed by atoms with van der Waals surface area (Å²) in [6, 6.07) is 0. The molecule has 0 rings (SSSR count). The second-order valence-corrected chi connectivity index (χ2v) is 2.54. The quantitative estimate of drug-likeness (QED) is 0.604. The van der Waals surface area contributed by atoms with E-state index in [-0.39, 0.29) is 6.61 Å². The summed E-state index contributed by atoms with van der Waals surface area (Å²) in [4.78, 5) is 0. The van der Waals surface area contributed by atoms with E-state index in [0.29, 0.717) is 0 Å². The molecule has 0 aromatic rings. The van der Waals surface area contributed by atoms with Crippen LogP contribution in [0.2, 0.25) is 0 Å². The summed E-state index contributed by atoms with van der Waals surface area (Å²) in [6.07, 6.45) is 9.39. The number of allylic oxidation sites excluding steroid dienone is 2. The maximum atomic E-state index is 8.86. The van der Waals surface area contributed by atoms with Crippen LogP contribution in [0.25, 0.3) is 0 Å². The molecule has 0 aliphatic carbocycles. The second-order valence-electron chi connectivity index (χ2n) is 2.54. The number of hydrogen-bond acceptors (Lipinski definition) is 1. The third-order valence-electron chi connectivity index (χ3n) is 1.45. The number of aliphatic hydroxyl groups excluding tert-OH is 1. The Morgan fingerprint density at radius 3 is 2.55 bits per heavy atom. The minimum absolute atomic E-state index is 0.163. The molecular weight excluding hydrogens is 136 g/mol. The molecule has 11 heavy (non-hydrogen) atoms. The highest BCUT2D eigenvalue weighted by Gasteiger charge is 1.86. The van der Waals surface area contributed by atoms with Gasteiger partial charge in [-0.25, -0.2) is 0 Å². The van der Waals surface area contributed by atoms with Crippen molar-refractivity contribution in [3.8, 4) is 0 Å². The molecule has 0 amide bonds. The predicted octanol–water partition coefficient (Wildman–Crippen LogP) is 2.67. The van der Waals surface area contributed by atoms with E-state index in [9.17, 15) is 0 Å². The summed E-state index contributed by atoms with van der Waals surface area (Å²) in [5.74, 6) is 0. The summed E-state index contributed by atoms with van der Waals surface area (Å²) in [7, 11) is 0. The van der Waals surface area contributed by atoms with E-state index in [0.717, 1.165) is 24.8 Å². The lowest BCUT2D eigenvalue weighted by Crippen LogP contribution is -1.85. The fraction of sp³-hybridized carbons (Fsp3) is 0.600. The van der Waals surface area contributed by atoms with Gasteiger partial charge in [-0.3, -0.25) is 0 Å². The largest absolute Gasteiger partial charge is 0.392 e. The Kier molecular flexibility index (Phi) is 7.16. The van der Waals surface area contributed by atoms with E-state index in [1.165, 1.54) is 0 Å². The van der Waals surface area contributed by atoms with E-state index >= 15 is 0 Å². The lowest BCUT2D eigenvalue weighted by molar-refractivity contribution is 0.334. The Morgan fingerprint density at radius 2 is 2.09 bits per heavy atom. The third kappa shape index (κ3) is 5.86. The van der Waals surface area contributed by atoms with Crippen LogP contribution in [0.5, 0.6) is 0 Å². The molecule has 0 aliphatic heterocycles. The maximum absolute atomic E-state index is 8.86. The summed E-state index contributed by atoms with van der Waals surface area (Å²) in [6.45, 7) is 4.39. The SMILES string of the molecule is CCC=CC(=CCCC)CO. The zero-order valence-electron chi connectivity index (χ0n) is 7.51. The molecule has 0 unspecified atom stereocenters. The van der Waals surface area contributed by atoms with Crippen LogP contribution in [-0.4, -0.2) is 11.7 Å². The summed E-state index contributed by atoms with van der Waals surface area (Å²) >= 11 is 0. The average molecular weight is 154 g/mol. The molecule has 0 bridgehead atoms. The van der Waals surface area contributed by atoms with Gasteiger partial charge in [-0.15, -0.1) is 0 Å². The van der Waals surface area contributed by atoms with Crippen molar-refractivity contribution in [2.45, 2.75) is 33.1 Å². The highest BCUT2D eigenvalue weighted by atomic mass is 16.3. The number of unbranched alkanes of at least 4 members (excludes halogenated alkanes) is 1. The molecule has 0 atom stereocenters. The molecule has 0 aromatic heterocycles. The van der Waals surface area contributed by atoms with E-state index in [1.54, 1.807) is 0 Å². The van der Waals surface area contributed by atoms with Crippen molar-refractivity contribution in [2.75, 3.05) is 6.61 Å². The average Bonchev–Trinajstić information content (AvgIpc) is 2.05. The van der Waals surface area contributed by atoms with Gasteiger partial charge in [-0.1, -0.05) is 38.5 Å². The monoisotopic (exact) mass is 154 g/mol. The fourth-order valence-electron chi connectivity index (χ4n) is 0.784. The van der Waals surface area contributed by atoms with Crippen molar-refractivity contribution in [2.24, 2.45) is 0 Å². The molecule has 1 N–H and O–H groups in total. The highest BCUT2D eigenvalue weighted by Crippen LogP contribution is 2.00. The van der Waals surface area contributed by atoms with Gasteiger partial charge in [0.1, 0.15) is 0 Å². The van der Waals surface area contributed by atoms with E-state index in [4.69, 9.17) is 5.11 Å². The van der Waals surface area contributed by atoms with E-state index in [2.05, 4.69) is 26.0 Å². The Bertz CT molecular complexity index is 134. The Morgan fingerprint density at radius 1 is 1.36 bits per heavy atom. The molecule has 0 saturated heterocycles. The highest BCUT2D eigenvalue weighted by molar-refractivity contribution is 5.18.